The number of nitrogens with zero attached hydrogens (tertiary/aromatic N) is 2. The molecule has 0 aliphatic heterocycles. The van der Waals surface area contributed by atoms with Gasteiger partial charge in [-0.1, -0.05) is 62.1 Å². The molecule has 3 aromatic rings. The molecule has 0 aliphatic carbocycles. The Labute approximate surface area is 211 Å². The van der Waals surface area contributed by atoms with Gasteiger partial charge < -0.3 is 14.1 Å². The van der Waals surface area contributed by atoms with E-state index in [2.05, 4.69) is 109 Å². The number of hydrogen-bond donors (Lipinski definition) is 1. The van der Waals surface area contributed by atoms with Crippen LogP contribution in [-0.2, 0) is 5.54 Å². The smallest absolute Gasteiger partial charge is 0.398 e. The quantitative estimate of drug-likeness (QED) is 0.255. The Kier molecular flexibility index (Phi) is 7.97. The van der Waals surface area contributed by atoms with Gasteiger partial charge in [-0.05, 0) is 89.0 Å². The van der Waals surface area contributed by atoms with Gasteiger partial charge in [0.1, 0.15) is 0 Å². The van der Waals surface area contributed by atoms with Crippen LogP contribution >= 0.6 is 0 Å². The third kappa shape index (κ3) is 4.68. The van der Waals surface area contributed by atoms with Crippen molar-refractivity contribution in [2.24, 2.45) is 0 Å². The summed E-state index contributed by atoms with van der Waals surface area (Å²) in [5.74, 6) is 0. The minimum Gasteiger partial charge on any atom is -0.435 e. The molecule has 0 aliphatic rings. The summed E-state index contributed by atoms with van der Waals surface area (Å²) >= 11 is 0. The number of rotatable bonds is 9. The van der Waals surface area contributed by atoms with Crippen LogP contribution in [-0.4, -0.2) is 21.7 Å². The lowest BCUT2D eigenvalue weighted by Crippen LogP contribution is -2.30. The van der Waals surface area contributed by atoms with E-state index in [1.165, 1.54) is 33.3 Å². The van der Waals surface area contributed by atoms with Crippen LogP contribution in [0.5, 0.6) is 0 Å². The summed E-state index contributed by atoms with van der Waals surface area (Å²) in [6.07, 6.45) is 13.7. The number of hydrogen-bond acceptors (Lipinski definition) is 1. The van der Waals surface area contributed by atoms with Crippen LogP contribution in [0.2, 0.25) is 0 Å². The van der Waals surface area contributed by atoms with Gasteiger partial charge in [0.2, 0.25) is 0 Å². The third-order valence-electron chi connectivity index (χ3n) is 7.30. The molecule has 0 saturated heterocycles. The van der Waals surface area contributed by atoms with E-state index in [9.17, 15) is 5.02 Å². The van der Waals surface area contributed by atoms with Crippen LogP contribution in [0.1, 0.15) is 74.8 Å². The molecule has 3 rings (SSSR count). The minimum atomic E-state index is -0.347. The molecule has 0 atom stereocenters. The third-order valence-corrected chi connectivity index (χ3v) is 7.30. The highest BCUT2D eigenvalue weighted by Gasteiger charge is 2.30. The first kappa shape index (κ1) is 26.4. The Morgan fingerprint density at radius 1 is 1.09 bits per heavy atom. The molecule has 1 aromatic carbocycles. The normalized spacial score (nSPS) is 12.9. The zero-order valence-corrected chi connectivity index (χ0v) is 22.4. The summed E-state index contributed by atoms with van der Waals surface area (Å²) in [5.41, 5.74) is 9.85. The van der Waals surface area contributed by atoms with Gasteiger partial charge >= 0.3 is 7.62 Å². The van der Waals surface area contributed by atoms with Crippen molar-refractivity contribution in [3.8, 4) is 0 Å². The predicted molar refractivity (Wildman–Crippen MR) is 157 cm³/mol. The molecule has 1 N–H and O–H groups in total. The van der Waals surface area contributed by atoms with Crippen molar-refractivity contribution >= 4 is 42.8 Å². The first-order valence-corrected chi connectivity index (χ1v) is 12.4. The van der Waals surface area contributed by atoms with E-state index in [-0.39, 0.29) is 13.2 Å². The van der Waals surface area contributed by atoms with E-state index in [0.717, 1.165) is 28.9 Å². The summed E-state index contributed by atoms with van der Waals surface area (Å²) in [7, 11) is -0.0610. The maximum Gasteiger partial charge on any atom is 0.398 e. The van der Waals surface area contributed by atoms with E-state index in [1.54, 1.807) is 0 Å². The van der Waals surface area contributed by atoms with Gasteiger partial charge in [-0.15, -0.1) is 0 Å². The Morgan fingerprint density at radius 3 is 2.37 bits per heavy atom. The molecule has 4 heteroatoms. The number of benzene rings is 1. The van der Waals surface area contributed by atoms with Crippen LogP contribution in [0, 0.1) is 13.8 Å². The first-order valence-electron chi connectivity index (χ1n) is 12.4. The van der Waals surface area contributed by atoms with Crippen molar-refractivity contribution in [2.75, 3.05) is 0 Å². The molecule has 182 valence electrons. The van der Waals surface area contributed by atoms with Crippen LogP contribution in [0.3, 0.4) is 0 Å². The average Bonchev–Trinajstić information content (AvgIpc) is 3.28. The molecule has 0 bridgehead atoms. The van der Waals surface area contributed by atoms with Gasteiger partial charge in [0.25, 0.3) is 0 Å². The fourth-order valence-corrected chi connectivity index (χ4v) is 4.83. The van der Waals surface area contributed by atoms with E-state index >= 15 is 0 Å². The molecule has 3 nitrogen and oxygen atoms in total. The summed E-state index contributed by atoms with van der Waals surface area (Å²) in [6, 6.07) is 8.25. The van der Waals surface area contributed by atoms with Gasteiger partial charge in [0.15, 0.2) is 0 Å². The largest absolute Gasteiger partial charge is 0.435 e. The van der Waals surface area contributed by atoms with Crippen LogP contribution in [0.15, 0.2) is 60.7 Å². The zero-order valence-electron chi connectivity index (χ0n) is 22.4. The Balaban J connectivity index is 2.26. The molecule has 0 spiro atoms. The number of fused-ring (bicyclic) bond motifs is 1. The van der Waals surface area contributed by atoms with Crippen LogP contribution < -0.4 is 0 Å². The van der Waals surface area contributed by atoms with Crippen molar-refractivity contribution in [1.82, 2.24) is 9.05 Å². The second-order valence-corrected chi connectivity index (χ2v) is 9.68. The monoisotopic (exact) mass is 466 g/mol. The summed E-state index contributed by atoms with van der Waals surface area (Å²) in [4.78, 5) is 0. The summed E-state index contributed by atoms with van der Waals surface area (Å²) in [5, 5.41) is 11.4. The van der Waals surface area contributed by atoms with Crippen LogP contribution in [0.25, 0.3) is 35.2 Å². The van der Waals surface area contributed by atoms with Crippen LogP contribution in [0.4, 0.5) is 0 Å². The maximum absolute atomic E-state index is 10.2. The standard InChI is InChI=1S/C31H39BN2O/c1-10-15-28-23(6)26(19-18-21(4)11-2)27(12-3)33(28)31(8,9)22(5)20-30-24(7)25-16-13-14-17-29(25)34(30)32-35/h10,12-20,32,35H,3-4,11H2,1-2,5-9H3/b15-10-,19-18-,22-20+. The minimum absolute atomic E-state index is 0.0610. The second kappa shape index (κ2) is 10.6. The molecule has 0 fully saturated rings. The first-order chi connectivity index (χ1) is 16.6. The van der Waals surface area contributed by atoms with E-state index in [0.29, 0.717) is 0 Å². The lowest BCUT2D eigenvalue weighted by atomic mass is 9.92. The maximum atomic E-state index is 10.2. The van der Waals surface area contributed by atoms with E-state index in [4.69, 9.17) is 0 Å². The van der Waals surface area contributed by atoms with Crippen molar-refractivity contribution < 1.29 is 5.02 Å². The van der Waals surface area contributed by atoms with Gasteiger partial charge in [0.05, 0.1) is 5.54 Å². The molecule has 0 amide bonds. The fraction of sp³-hybridized carbons (Fsp3) is 0.290. The van der Waals surface area contributed by atoms with Crippen molar-refractivity contribution in [3.63, 3.8) is 0 Å². The van der Waals surface area contributed by atoms with Gasteiger partial charge in [-0.2, -0.15) is 0 Å². The SMILES string of the molecule is C=Cc1c(/C=C\C(=C)CC)c(C)c(/C=C\C)n1C(C)(C)/C(C)=C/c1c(C)c2ccccc2n1BO. The second-order valence-electron chi connectivity index (χ2n) is 9.68. The van der Waals surface area contributed by atoms with Crippen molar-refractivity contribution in [1.29, 1.82) is 0 Å². The Bertz CT molecular complexity index is 1360. The topological polar surface area (TPSA) is 30.1 Å². The highest BCUT2D eigenvalue weighted by atomic mass is 16.2. The molecular formula is C31H39BN2O. The molecule has 0 unspecified atom stereocenters. The van der Waals surface area contributed by atoms with Crippen molar-refractivity contribution in [2.45, 2.75) is 60.4 Å². The molecule has 0 radical (unpaired) electrons. The fourth-order valence-electron chi connectivity index (χ4n) is 4.83. The van der Waals surface area contributed by atoms with E-state index in [1.807, 2.05) is 22.7 Å². The molecule has 2 aromatic heterocycles. The predicted octanol–water partition coefficient (Wildman–Crippen LogP) is 7.66. The Morgan fingerprint density at radius 2 is 1.77 bits per heavy atom. The highest BCUT2D eigenvalue weighted by Crippen LogP contribution is 2.38. The lowest BCUT2D eigenvalue weighted by molar-refractivity contribution is 0.424. The molecule has 35 heavy (non-hydrogen) atoms. The average molecular weight is 466 g/mol. The van der Waals surface area contributed by atoms with Gasteiger partial charge in [-0.25, -0.2) is 0 Å². The number of aryl methyl sites for hydroxylation is 1. The number of aromatic nitrogens is 2. The number of para-hydroxylation sites is 1. The number of allylic oxidation sites excluding steroid dienone is 4. The van der Waals surface area contributed by atoms with Gasteiger partial charge in [0, 0.05) is 33.5 Å². The highest BCUT2D eigenvalue weighted by molar-refractivity contribution is 6.27. The zero-order chi connectivity index (χ0) is 25.9. The molecule has 2 heterocycles. The molecular weight excluding hydrogens is 427 g/mol. The lowest BCUT2D eigenvalue weighted by Gasteiger charge is -2.32. The van der Waals surface area contributed by atoms with Gasteiger partial charge in [-0.3, -0.25) is 0 Å². The van der Waals surface area contributed by atoms with Crippen molar-refractivity contribution in [3.05, 3.63) is 94.5 Å². The summed E-state index contributed by atoms with van der Waals surface area (Å²) < 4.78 is 4.37. The van der Waals surface area contributed by atoms with E-state index < -0.39 is 0 Å². The Hall–Kier alpha value is -3.24. The molecule has 0 saturated carbocycles. The summed E-state index contributed by atoms with van der Waals surface area (Å²) in [6.45, 7) is 23.5.